The van der Waals surface area contributed by atoms with Crippen LogP contribution in [0.2, 0.25) is 0 Å². The van der Waals surface area contributed by atoms with Crippen LogP contribution in [0.1, 0.15) is 63.5 Å². The maximum atomic E-state index is 12.7. The number of ether oxygens (including phenoxy) is 1. The van der Waals surface area contributed by atoms with Gasteiger partial charge in [-0.2, -0.15) is 0 Å². The number of carboxylic acid groups (broad SMARTS) is 1. The van der Waals surface area contributed by atoms with Crippen molar-refractivity contribution in [2.24, 2.45) is 5.41 Å². The first kappa shape index (κ1) is 25.3. The molecule has 0 heterocycles. The zero-order chi connectivity index (χ0) is 24.7. The van der Waals surface area contributed by atoms with E-state index in [1.54, 1.807) is 0 Å². The van der Waals surface area contributed by atoms with E-state index in [4.69, 9.17) is 9.84 Å². The molecule has 0 fully saturated rings. The maximum Gasteiger partial charge on any atom is 0.407 e. The predicted octanol–water partition coefficient (Wildman–Crippen LogP) is 4.70. The molecule has 7 heteroatoms. The van der Waals surface area contributed by atoms with E-state index in [1.807, 2.05) is 45.0 Å². The number of hydrogen-bond acceptors (Lipinski definition) is 4. The van der Waals surface area contributed by atoms with Crippen molar-refractivity contribution in [2.75, 3.05) is 13.2 Å². The highest BCUT2D eigenvalue weighted by Crippen LogP contribution is 2.44. The Bertz CT molecular complexity index is 982. The Morgan fingerprint density at radius 1 is 0.971 bits per heavy atom. The number of hydrogen-bond donors (Lipinski definition) is 3. The van der Waals surface area contributed by atoms with Crippen molar-refractivity contribution in [3.63, 3.8) is 0 Å². The minimum Gasteiger partial charge on any atom is -0.481 e. The molecule has 0 bridgehead atoms. The van der Waals surface area contributed by atoms with Gasteiger partial charge < -0.3 is 20.5 Å². The van der Waals surface area contributed by atoms with Crippen LogP contribution in [0.4, 0.5) is 4.79 Å². The van der Waals surface area contributed by atoms with Gasteiger partial charge >= 0.3 is 12.1 Å². The molecule has 1 unspecified atom stereocenters. The highest BCUT2D eigenvalue weighted by Gasteiger charge is 2.30. The van der Waals surface area contributed by atoms with E-state index in [9.17, 15) is 14.4 Å². The number of fused-ring (bicyclic) bond motifs is 3. The van der Waals surface area contributed by atoms with Gasteiger partial charge in [-0.3, -0.25) is 9.59 Å². The second kappa shape index (κ2) is 11.2. The first-order valence-corrected chi connectivity index (χ1v) is 11.8. The van der Waals surface area contributed by atoms with Crippen molar-refractivity contribution < 1.29 is 24.2 Å². The van der Waals surface area contributed by atoms with Gasteiger partial charge in [0.25, 0.3) is 0 Å². The SMILES string of the molecule is CC(C)(C)CC(NC(=O)OCC1c2ccccc2-c2ccccc21)C(=O)NCCCCC(=O)O. The molecule has 182 valence electrons. The number of carbonyl (C=O) groups is 3. The van der Waals surface area contributed by atoms with E-state index in [2.05, 4.69) is 34.9 Å². The van der Waals surface area contributed by atoms with Crippen LogP contribution in [0, 0.1) is 5.41 Å². The smallest absolute Gasteiger partial charge is 0.407 e. The molecule has 3 N–H and O–H groups in total. The second-order valence-electron chi connectivity index (χ2n) is 9.93. The summed E-state index contributed by atoms with van der Waals surface area (Å²) in [6.07, 6.45) is 0.930. The molecule has 2 amide bonds. The minimum absolute atomic E-state index is 0.0534. The molecular weight excluding hydrogens is 432 g/mol. The summed E-state index contributed by atoms with van der Waals surface area (Å²) in [6.45, 7) is 6.54. The lowest BCUT2D eigenvalue weighted by Crippen LogP contribution is -2.49. The van der Waals surface area contributed by atoms with E-state index < -0.39 is 18.1 Å². The van der Waals surface area contributed by atoms with Crippen LogP contribution in [0.15, 0.2) is 48.5 Å². The maximum absolute atomic E-state index is 12.7. The lowest BCUT2D eigenvalue weighted by molar-refractivity contribution is -0.137. The average Bonchev–Trinajstić information content (AvgIpc) is 3.09. The van der Waals surface area contributed by atoms with Crippen molar-refractivity contribution in [3.05, 3.63) is 59.7 Å². The van der Waals surface area contributed by atoms with Crippen molar-refractivity contribution in [1.29, 1.82) is 0 Å². The first-order chi connectivity index (χ1) is 16.2. The number of amides is 2. The molecule has 3 rings (SSSR count). The molecule has 1 atom stereocenters. The molecule has 0 saturated heterocycles. The molecule has 0 saturated carbocycles. The molecule has 0 aromatic heterocycles. The van der Waals surface area contributed by atoms with E-state index in [1.165, 1.54) is 0 Å². The topological polar surface area (TPSA) is 105 Å². The average molecular weight is 467 g/mol. The summed E-state index contributed by atoms with van der Waals surface area (Å²) in [5, 5.41) is 14.3. The highest BCUT2D eigenvalue weighted by molar-refractivity contribution is 5.85. The molecule has 34 heavy (non-hydrogen) atoms. The van der Waals surface area contributed by atoms with Crippen molar-refractivity contribution in [2.45, 2.75) is 58.4 Å². The third-order valence-corrected chi connectivity index (χ3v) is 5.89. The molecule has 2 aromatic rings. The Morgan fingerprint density at radius 2 is 1.56 bits per heavy atom. The zero-order valence-electron chi connectivity index (χ0n) is 20.1. The normalized spacial score (nSPS) is 13.5. The number of unbranched alkanes of at least 4 members (excludes halogenated alkanes) is 1. The van der Waals surface area contributed by atoms with Gasteiger partial charge in [-0.05, 0) is 46.9 Å². The Labute approximate surface area is 200 Å². The fraction of sp³-hybridized carbons (Fsp3) is 0.444. The lowest BCUT2D eigenvalue weighted by atomic mass is 9.88. The first-order valence-electron chi connectivity index (χ1n) is 11.8. The summed E-state index contributed by atoms with van der Waals surface area (Å²) in [7, 11) is 0. The number of alkyl carbamates (subject to hydrolysis) is 1. The molecule has 0 radical (unpaired) electrons. The molecule has 0 aliphatic heterocycles. The van der Waals surface area contributed by atoms with Crippen LogP contribution < -0.4 is 10.6 Å². The van der Waals surface area contributed by atoms with Gasteiger partial charge in [-0.25, -0.2) is 4.79 Å². The van der Waals surface area contributed by atoms with E-state index in [0.29, 0.717) is 25.8 Å². The van der Waals surface area contributed by atoms with E-state index >= 15 is 0 Å². The van der Waals surface area contributed by atoms with Gasteiger partial charge in [0, 0.05) is 18.9 Å². The van der Waals surface area contributed by atoms with Crippen LogP contribution in [-0.2, 0) is 14.3 Å². The Balaban J connectivity index is 1.59. The minimum atomic E-state index is -0.853. The Kier molecular flexibility index (Phi) is 8.31. The quantitative estimate of drug-likeness (QED) is 0.440. The lowest BCUT2D eigenvalue weighted by Gasteiger charge is -2.26. The molecule has 1 aliphatic rings. The second-order valence-corrected chi connectivity index (χ2v) is 9.93. The van der Waals surface area contributed by atoms with Gasteiger partial charge in [0.05, 0.1) is 0 Å². The number of benzene rings is 2. The third kappa shape index (κ3) is 6.83. The summed E-state index contributed by atoms with van der Waals surface area (Å²) in [6, 6.07) is 15.5. The van der Waals surface area contributed by atoms with Gasteiger partial charge in [-0.1, -0.05) is 69.3 Å². The summed E-state index contributed by atoms with van der Waals surface area (Å²) < 4.78 is 5.61. The van der Waals surface area contributed by atoms with E-state index in [0.717, 1.165) is 22.3 Å². The third-order valence-electron chi connectivity index (χ3n) is 5.89. The molecule has 1 aliphatic carbocycles. The van der Waals surface area contributed by atoms with Gasteiger partial charge in [0.15, 0.2) is 0 Å². The van der Waals surface area contributed by atoms with Crippen LogP contribution in [0.3, 0.4) is 0 Å². The fourth-order valence-electron chi connectivity index (χ4n) is 4.34. The number of nitrogens with one attached hydrogen (secondary N) is 2. The van der Waals surface area contributed by atoms with Crippen molar-refractivity contribution in [1.82, 2.24) is 10.6 Å². The number of rotatable bonds is 10. The van der Waals surface area contributed by atoms with E-state index in [-0.39, 0.29) is 30.3 Å². The molecule has 2 aromatic carbocycles. The summed E-state index contributed by atoms with van der Waals surface area (Å²) >= 11 is 0. The van der Waals surface area contributed by atoms with Crippen LogP contribution in [0.25, 0.3) is 11.1 Å². The van der Waals surface area contributed by atoms with Crippen molar-refractivity contribution >= 4 is 18.0 Å². The van der Waals surface area contributed by atoms with Crippen LogP contribution >= 0.6 is 0 Å². The monoisotopic (exact) mass is 466 g/mol. The number of aliphatic carboxylic acids is 1. The van der Waals surface area contributed by atoms with Crippen LogP contribution in [0.5, 0.6) is 0 Å². The Hall–Kier alpha value is -3.35. The summed E-state index contributed by atoms with van der Waals surface area (Å²) in [5.74, 6) is -1.20. The fourth-order valence-corrected chi connectivity index (χ4v) is 4.34. The van der Waals surface area contributed by atoms with Gasteiger partial charge in [0.2, 0.25) is 5.91 Å². The molecule has 0 spiro atoms. The van der Waals surface area contributed by atoms with Gasteiger partial charge in [-0.15, -0.1) is 0 Å². The number of carbonyl (C=O) groups excluding carboxylic acids is 2. The Morgan fingerprint density at radius 3 is 2.12 bits per heavy atom. The highest BCUT2D eigenvalue weighted by atomic mass is 16.5. The van der Waals surface area contributed by atoms with Gasteiger partial charge in [0.1, 0.15) is 12.6 Å². The number of carboxylic acids is 1. The predicted molar refractivity (Wildman–Crippen MR) is 131 cm³/mol. The van der Waals surface area contributed by atoms with Crippen LogP contribution in [-0.4, -0.2) is 42.3 Å². The van der Waals surface area contributed by atoms with Crippen molar-refractivity contribution in [3.8, 4) is 11.1 Å². The summed E-state index contributed by atoms with van der Waals surface area (Å²) in [5.41, 5.74) is 4.37. The zero-order valence-corrected chi connectivity index (χ0v) is 20.1. The summed E-state index contributed by atoms with van der Waals surface area (Å²) in [4.78, 5) is 36.1. The largest absolute Gasteiger partial charge is 0.481 e. The molecular formula is C27H34N2O5. The molecule has 7 nitrogen and oxygen atoms in total. The standard InChI is InChI=1S/C27H34N2O5/c1-27(2,3)16-23(25(32)28-15-9-8-14-24(30)31)29-26(33)34-17-22-20-12-6-4-10-18(20)19-11-5-7-13-21(19)22/h4-7,10-13,22-23H,8-9,14-17H2,1-3H3,(H,28,32)(H,29,33)(H,30,31).